The SMILES string of the molecule is CC(C)(C)OC(=O)N1CCc2sc(S(N)(O)O)cc2N1. The number of fused-ring (bicyclic) bond motifs is 1. The third-order valence-corrected chi connectivity index (χ3v) is 5.20. The lowest BCUT2D eigenvalue weighted by atomic mass is 10.2. The Morgan fingerprint density at radius 1 is 1.55 bits per heavy atom. The fourth-order valence-corrected chi connectivity index (χ4v) is 3.61. The monoisotopic (exact) mass is 321 g/mol. The minimum atomic E-state index is -3.22. The molecule has 2 rings (SSSR count). The molecule has 7 nitrogen and oxygen atoms in total. The fraction of sp³-hybridized carbons (Fsp3) is 0.545. The van der Waals surface area contributed by atoms with Crippen LogP contribution in [0.1, 0.15) is 25.6 Å². The number of nitrogens with zero attached hydrogens (tertiary/aromatic N) is 1. The van der Waals surface area contributed by atoms with Crippen molar-refractivity contribution in [1.29, 1.82) is 0 Å². The molecular formula is C11H19N3O4S2. The average molecular weight is 321 g/mol. The number of carbonyl (C=O) groups excluding carboxylic acids is 1. The first-order valence-electron chi connectivity index (χ1n) is 6.02. The van der Waals surface area contributed by atoms with Gasteiger partial charge in [-0.1, -0.05) is 0 Å². The van der Waals surface area contributed by atoms with Gasteiger partial charge >= 0.3 is 6.09 Å². The van der Waals surface area contributed by atoms with Crippen molar-refractivity contribution in [2.75, 3.05) is 12.0 Å². The Labute approximate surface area is 123 Å². The van der Waals surface area contributed by atoms with Gasteiger partial charge in [-0.2, -0.15) is 0 Å². The van der Waals surface area contributed by atoms with Gasteiger partial charge in [0.05, 0.1) is 12.2 Å². The molecule has 0 aromatic carbocycles. The van der Waals surface area contributed by atoms with E-state index in [4.69, 9.17) is 9.88 Å². The first-order valence-corrected chi connectivity index (χ1v) is 8.45. The maximum absolute atomic E-state index is 12.0. The van der Waals surface area contributed by atoms with Crippen LogP contribution in [0.15, 0.2) is 10.3 Å². The summed E-state index contributed by atoms with van der Waals surface area (Å²) in [4.78, 5) is 12.9. The van der Waals surface area contributed by atoms with Gasteiger partial charge < -0.3 is 4.74 Å². The molecule has 2 heterocycles. The van der Waals surface area contributed by atoms with E-state index in [1.54, 1.807) is 26.8 Å². The molecule has 0 atom stereocenters. The van der Waals surface area contributed by atoms with Crippen molar-refractivity contribution in [3.8, 4) is 0 Å². The molecule has 1 amide bonds. The van der Waals surface area contributed by atoms with Crippen LogP contribution in [-0.2, 0) is 11.2 Å². The number of anilines is 1. The van der Waals surface area contributed by atoms with E-state index in [0.29, 0.717) is 22.9 Å². The van der Waals surface area contributed by atoms with E-state index >= 15 is 0 Å². The molecule has 0 saturated carbocycles. The van der Waals surface area contributed by atoms with Crippen molar-refractivity contribution in [2.45, 2.75) is 37.0 Å². The third-order valence-electron chi connectivity index (χ3n) is 2.51. The summed E-state index contributed by atoms with van der Waals surface area (Å²) >= 11 is 1.24. The molecule has 9 heteroatoms. The number of nitrogens with one attached hydrogen (secondary N) is 1. The number of nitrogens with two attached hydrogens (primary N) is 1. The quantitative estimate of drug-likeness (QED) is 0.633. The Morgan fingerprint density at radius 3 is 2.75 bits per heavy atom. The van der Waals surface area contributed by atoms with Crippen molar-refractivity contribution in [3.05, 3.63) is 10.9 Å². The highest BCUT2D eigenvalue weighted by atomic mass is 32.3. The summed E-state index contributed by atoms with van der Waals surface area (Å²) in [5.74, 6) is 0. The normalized spacial score (nSPS) is 16.4. The van der Waals surface area contributed by atoms with Gasteiger partial charge in [0.2, 0.25) is 0 Å². The smallest absolute Gasteiger partial charge is 0.429 e. The van der Waals surface area contributed by atoms with Crippen molar-refractivity contribution >= 4 is 33.9 Å². The van der Waals surface area contributed by atoms with Crippen LogP contribution in [0.5, 0.6) is 0 Å². The summed E-state index contributed by atoms with van der Waals surface area (Å²) in [6.45, 7) is 5.84. The Bertz CT molecular complexity index is 519. The van der Waals surface area contributed by atoms with Crippen LogP contribution in [0.2, 0.25) is 0 Å². The lowest BCUT2D eigenvalue weighted by Gasteiger charge is -2.30. The van der Waals surface area contributed by atoms with Gasteiger partial charge in [0.25, 0.3) is 0 Å². The minimum absolute atomic E-state index is 0.307. The number of thiophene rings is 1. The number of hydrazine groups is 1. The fourth-order valence-electron chi connectivity index (χ4n) is 1.70. The maximum Gasteiger partial charge on any atom is 0.429 e. The van der Waals surface area contributed by atoms with Gasteiger partial charge in [0, 0.05) is 11.3 Å². The van der Waals surface area contributed by atoms with Crippen LogP contribution in [0.4, 0.5) is 10.5 Å². The van der Waals surface area contributed by atoms with Crippen LogP contribution in [-0.4, -0.2) is 32.4 Å². The van der Waals surface area contributed by atoms with E-state index < -0.39 is 22.5 Å². The van der Waals surface area contributed by atoms with Crippen molar-refractivity contribution in [2.24, 2.45) is 5.14 Å². The van der Waals surface area contributed by atoms with E-state index in [1.165, 1.54) is 16.3 Å². The molecule has 0 saturated heterocycles. The molecule has 1 aliphatic rings. The highest BCUT2D eigenvalue weighted by Gasteiger charge is 2.28. The Balaban J connectivity index is 2.11. The van der Waals surface area contributed by atoms with Gasteiger partial charge in [0.1, 0.15) is 9.81 Å². The standard InChI is InChI=1S/C11H19N3O4S2/c1-11(2,3)18-10(15)14-5-4-8-7(13-14)6-9(19-8)20(12,16)17/h6,13,16-17H,4-5,12H2,1-3H3. The minimum Gasteiger partial charge on any atom is -0.442 e. The van der Waals surface area contributed by atoms with Gasteiger partial charge in [0.15, 0.2) is 0 Å². The topological polar surface area (TPSA) is 108 Å². The molecule has 0 radical (unpaired) electrons. The Morgan fingerprint density at radius 2 is 2.20 bits per heavy atom. The summed E-state index contributed by atoms with van der Waals surface area (Å²) < 4.78 is 24.5. The first kappa shape index (κ1) is 15.4. The van der Waals surface area contributed by atoms with Crippen molar-refractivity contribution in [3.63, 3.8) is 0 Å². The molecule has 0 spiro atoms. The molecule has 5 N–H and O–H groups in total. The molecule has 0 aliphatic carbocycles. The van der Waals surface area contributed by atoms with Gasteiger partial charge in [-0.15, -0.1) is 22.1 Å². The van der Waals surface area contributed by atoms with Crippen LogP contribution in [0.3, 0.4) is 0 Å². The van der Waals surface area contributed by atoms with Gasteiger partial charge in [-0.3, -0.25) is 14.5 Å². The van der Waals surface area contributed by atoms with Crippen LogP contribution < -0.4 is 10.6 Å². The Hall–Kier alpha value is -1.00. The summed E-state index contributed by atoms with van der Waals surface area (Å²) in [7, 11) is -3.22. The van der Waals surface area contributed by atoms with Crippen LogP contribution in [0, 0.1) is 0 Å². The van der Waals surface area contributed by atoms with E-state index in [9.17, 15) is 13.9 Å². The zero-order chi connectivity index (χ0) is 15.1. The highest BCUT2D eigenvalue weighted by molar-refractivity contribution is 8.23. The van der Waals surface area contributed by atoms with E-state index in [1.807, 2.05) is 0 Å². The zero-order valence-electron chi connectivity index (χ0n) is 11.5. The predicted molar refractivity (Wildman–Crippen MR) is 79.9 cm³/mol. The second-order valence-electron chi connectivity index (χ2n) is 5.49. The zero-order valence-corrected chi connectivity index (χ0v) is 13.2. The third kappa shape index (κ3) is 3.55. The predicted octanol–water partition coefficient (Wildman–Crippen LogP) is 2.85. The van der Waals surface area contributed by atoms with E-state index in [-0.39, 0.29) is 0 Å². The van der Waals surface area contributed by atoms with E-state index in [2.05, 4.69) is 5.43 Å². The van der Waals surface area contributed by atoms with E-state index in [0.717, 1.165) is 4.88 Å². The van der Waals surface area contributed by atoms with Crippen LogP contribution >= 0.6 is 22.1 Å². The lowest BCUT2D eigenvalue weighted by Crippen LogP contribution is -2.43. The van der Waals surface area contributed by atoms with Crippen LogP contribution in [0.25, 0.3) is 0 Å². The summed E-state index contributed by atoms with van der Waals surface area (Å²) in [5, 5.41) is 6.69. The lowest BCUT2D eigenvalue weighted by molar-refractivity contribution is 0.0293. The largest absolute Gasteiger partial charge is 0.442 e. The number of ether oxygens (including phenoxy) is 1. The molecule has 0 unspecified atom stereocenters. The summed E-state index contributed by atoms with van der Waals surface area (Å²) in [6.07, 6.45) is 0.150. The second-order valence-corrected chi connectivity index (χ2v) is 8.51. The molecule has 114 valence electrons. The van der Waals surface area contributed by atoms with Gasteiger partial charge in [-0.05, 0) is 26.8 Å². The first-order chi connectivity index (χ1) is 9.06. The molecule has 1 aliphatic heterocycles. The molecule has 1 aromatic heterocycles. The highest BCUT2D eigenvalue weighted by Crippen LogP contribution is 2.48. The molecule has 1 aromatic rings. The number of hydrogen-bond donors (Lipinski definition) is 4. The molecule has 0 bridgehead atoms. The molecule has 0 fully saturated rings. The molecular weight excluding hydrogens is 302 g/mol. The number of hydrogen-bond acceptors (Lipinski definition) is 7. The maximum atomic E-state index is 12.0. The van der Waals surface area contributed by atoms with Crippen molar-refractivity contribution in [1.82, 2.24) is 5.01 Å². The second kappa shape index (κ2) is 5.08. The number of amides is 1. The Kier molecular flexibility index (Phi) is 3.91. The summed E-state index contributed by atoms with van der Waals surface area (Å²) in [5.41, 5.74) is 3.01. The average Bonchev–Trinajstić information content (AvgIpc) is 2.68. The number of carbonyl (C=O) groups is 1. The number of rotatable bonds is 1. The van der Waals surface area contributed by atoms with Crippen molar-refractivity contribution < 1.29 is 18.6 Å². The van der Waals surface area contributed by atoms with Gasteiger partial charge in [-0.25, -0.2) is 14.9 Å². The molecule has 20 heavy (non-hydrogen) atoms. The summed E-state index contributed by atoms with van der Waals surface area (Å²) in [6, 6.07) is 1.56.